The van der Waals surface area contributed by atoms with E-state index in [-0.39, 0.29) is 6.04 Å². The van der Waals surface area contributed by atoms with Crippen LogP contribution in [-0.4, -0.2) is 66.2 Å². The molecule has 0 aliphatic carbocycles. The van der Waals surface area contributed by atoms with Crippen LogP contribution in [0.15, 0.2) is 53.1 Å². The van der Waals surface area contributed by atoms with E-state index in [4.69, 9.17) is 25.5 Å². The summed E-state index contributed by atoms with van der Waals surface area (Å²) in [6.45, 7) is 7.07. The number of aromatic nitrogens is 1. The first-order valence-electron chi connectivity index (χ1n) is 14.4. The van der Waals surface area contributed by atoms with Gasteiger partial charge in [-0.25, -0.2) is 4.79 Å². The fourth-order valence-electron chi connectivity index (χ4n) is 5.84. The molecule has 40 heavy (non-hydrogen) atoms. The summed E-state index contributed by atoms with van der Waals surface area (Å²) in [6, 6.07) is 13.2. The van der Waals surface area contributed by atoms with Crippen molar-refractivity contribution >= 4 is 39.6 Å². The third-order valence-electron chi connectivity index (χ3n) is 8.14. The molecule has 0 radical (unpaired) electrons. The number of carbonyl (C=O) groups excluding carboxylic acids is 1. The molecular weight excluding hydrogens is 528 g/mol. The lowest BCUT2D eigenvalue weighted by Gasteiger charge is -2.33. The molecule has 0 unspecified atom stereocenters. The highest BCUT2D eigenvalue weighted by Crippen LogP contribution is 2.31. The number of fused-ring (bicyclic) bond motifs is 2. The molecule has 9 heteroatoms. The zero-order valence-corrected chi connectivity index (χ0v) is 23.5. The number of piperidine rings is 1. The first-order valence-corrected chi connectivity index (χ1v) is 14.8. The van der Waals surface area contributed by atoms with Crippen molar-refractivity contribution < 1.29 is 18.7 Å². The molecule has 6 rings (SSSR count). The number of hydrogen-bond donors (Lipinski definition) is 2. The maximum Gasteiger partial charge on any atom is 0.414 e. The van der Waals surface area contributed by atoms with Crippen molar-refractivity contribution in [1.82, 2.24) is 20.1 Å². The number of nitrogens with zero attached hydrogens (tertiary/aromatic N) is 2. The average molecular weight is 565 g/mol. The summed E-state index contributed by atoms with van der Waals surface area (Å²) in [5, 5.41) is 5.47. The summed E-state index contributed by atoms with van der Waals surface area (Å²) >= 11 is 6.16. The Morgan fingerprint density at radius 3 is 2.55 bits per heavy atom. The Morgan fingerprint density at radius 1 is 0.975 bits per heavy atom. The van der Waals surface area contributed by atoms with Crippen molar-refractivity contribution in [2.24, 2.45) is 0 Å². The van der Waals surface area contributed by atoms with E-state index in [1.54, 1.807) is 18.4 Å². The van der Waals surface area contributed by atoms with Crippen LogP contribution in [0.1, 0.15) is 44.1 Å². The first kappa shape index (κ1) is 27.0. The van der Waals surface area contributed by atoms with Crippen LogP contribution in [0, 0.1) is 0 Å². The highest BCUT2D eigenvalue weighted by Gasteiger charge is 2.22. The van der Waals surface area contributed by atoms with Gasteiger partial charge in [0.25, 0.3) is 0 Å². The number of aromatic amines is 1. The molecule has 2 saturated heterocycles. The molecule has 0 atom stereocenters. The normalized spacial score (nSPS) is 17.7. The number of H-pyrrole nitrogens is 1. The van der Waals surface area contributed by atoms with Crippen LogP contribution in [0.4, 0.5) is 4.79 Å². The van der Waals surface area contributed by atoms with E-state index in [1.165, 1.54) is 38.8 Å². The number of furan rings is 1. The van der Waals surface area contributed by atoms with Gasteiger partial charge in [0.2, 0.25) is 5.88 Å². The molecule has 4 aromatic rings. The minimum Gasteiger partial charge on any atom is -0.488 e. The number of benzene rings is 2. The maximum atomic E-state index is 12.7. The number of amides is 1. The number of rotatable bonds is 8. The lowest BCUT2D eigenvalue weighted by Crippen LogP contribution is -2.47. The maximum absolute atomic E-state index is 12.7. The van der Waals surface area contributed by atoms with E-state index in [1.807, 2.05) is 30.3 Å². The van der Waals surface area contributed by atoms with Crippen LogP contribution in [0.25, 0.3) is 21.9 Å². The first-order chi connectivity index (χ1) is 19.6. The lowest BCUT2D eigenvalue weighted by molar-refractivity contribution is 0.157. The molecule has 0 saturated carbocycles. The van der Waals surface area contributed by atoms with Crippen molar-refractivity contribution in [2.75, 3.05) is 39.3 Å². The van der Waals surface area contributed by atoms with Gasteiger partial charge in [0.05, 0.1) is 11.8 Å². The number of carbonyl (C=O) groups is 1. The Bertz CT molecular complexity index is 1430. The van der Waals surface area contributed by atoms with Gasteiger partial charge in [-0.1, -0.05) is 30.5 Å². The van der Waals surface area contributed by atoms with Crippen LogP contribution < -0.4 is 14.8 Å². The number of nitrogens with one attached hydrogen (secondary N) is 2. The van der Waals surface area contributed by atoms with E-state index in [0.717, 1.165) is 66.5 Å². The molecule has 212 valence electrons. The minimum absolute atomic E-state index is 0.128. The van der Waals surface area contributed by atoms with Crippen molar-refractivity contribution in [3.05, 3.63) is 59.3 Å². The third kappa shape index (κ3) is 6.57. The molecule has 2 N–H and O–H groups in total. The van der Waals surface area contributed by atoms with E-state index in [9.17, 15) is 4.79 Å². The number of halogens is 1. The van der Waals surface area contributed by atoms with E-state index < -0.39 is 6.09 Å². The molecule has 2 aromatic carbocycles. The molecule has 8 nitrogen and oxygen atoms in total. The smallest absolute Gasteiger partial charge is 0.414 e. The second kappa shape index (κ2) is 12.5. The Labute approximate surface area is 239 Å². The summed E-state index contributed by atoms with van der Waals surface area (Å²) in [4.78, 5) is 21.0. The van der Waals surface area contributed by atoms with Crippen molar-refractivity contribution in [1.29, 1.82) is 0 Å². The van der Waals surface area contributed by atoms with Crippen LogP contribution >= 0.6 is 11.6 Å². The van der Waals surface area contributed by atoms with Gasteiger partial charge < -0.3 is 34.0 Å². The van der Waals surface area contributed by atoms with Crippen molar-refractivity contribution in [3.63, 3.8) is 0 Å². The quantitative estimate of drug-likeness (QED) is 0.252. The molecule has 0 spiro atoms. The number of hydrogen-bond acceptors (Lipinski definition) is 6. The fourth-order valence-corrected chi connectivity index (χ4v) is 6.02. The standard InChI is InChI=1S/C31H37ClN4O4/c32-23-8-9-29-25(18-23)22(21-39-29)20-38-28-7-5-6-27-26(28)19-30(34-27)40-31(37)33-24-10-14-36(15-11-24)17-16-35-12-3-1-2-4-13-35/h5-9,18-19,21,24,34H,1-4,10-17,20H2,(H,33,37). The fraction of sp³-hybridized carbons (Fsp3) is 0.452. The molecule has 2 fully saturated rings. The van der Waals surface area contributed by atoms with E-state index in [2.05, 4.69) is 20.1 Å². The second-order valence-electron chi connectivity index (χ2n) is 10.9. The van der Waals surface area contributed by atoms with Crippen LogP contribution in [0.3, 0.4) is 0 Å². The zero-order chi connectivity index (χ0) is 27.3. The number of likely N-dealkylation sites (tertiary alicyclic amines) is 2. The van der Waals surface area contributed by atoms with Gasteiger partial charge in [-0.2, -0.15) is 0 Å². The van der Waals surface area contributed by atoms with Gasteiger partial charge in [-0.3, -0.25) is 0 Å². The Morgan fingerprint density at radius 2 is 1.75 bits per heavy atom. The molecule has 0 bridgehead atoms. The highest BCUT2D eigenvalue weighted by molar-refractivity contribution is 6.31. The second-order valence-corrected chi connectivity index (χ2v) is 11.4. The molecule has 4 heterocycles. The van der Waals surface area contributed by atoms with E-state index >= 15 is 0 Å². The molecule has 2 aliphatic heterocycles. The van der Waals surface area contributed by atoms with Gasteiger partial charge in [-0.15, -0.1) is 0 Å². The van der Waals surface area contributed by atoms with Crippen molar-refractivity contribution in [3.8, 4) is 11.6 Å². The predicted octanol–water partition coefficient (Wildman–Crippen LogP) is 6.58. The SMILES string of the molecule is O=C(NC1CCN(CCN2CCCCCC2)CC1)Oc1cc2c(OCc3coc4ccc(Cl)cc34)cccc2[nH]1. The van der Waals surface area contributed by atoms with E-state index in [0.29, 0.717) is 23.3 Å². The summed E-state index contributed by atoms with van der Waals surface area (Å²) in [5.41, 5.74) is 2.51. The third-order valence-corrected chi connectivity index (χ3v) is 8.38. The van der Waals surface area contributed by atoms with Crippen LogP contribution in [-0.2, 0) is 6.61 Å². The highest BCUT2D eigenvalue weighted by atomic mass is 35.5. The van der Waals surface area contributed by atoms with Gasteiger partial charge in [0.15, 0.2) is 0 Å². The lowest BCUT2D eigenvalue weighted by atomic mass is 10.1. The summed E-state index contributed by atoms with van der Waals surface area (Å²) in [7, 11) is 0. The summed E-state index contributed by atoms with van der Waals surface area (Å²) in [6.07, 6.45) is 8.54. The van der Waals surface area contributed by atoms with Crippen LogP contribution in [0.2, 0.25) is 5.02 Å². The molecule has 2 aromatic heterocycles. The average Bonchev–Trinajstić information content (AvgIpc) is 3.45. The summed E-state index contributed by atoms with van der Waals surface area (Å²) < 4.78 is 17.4. The topological polar surface area (TPSA) is 83.0 Å². The zero-order valence-electron chi connectivity index (χ0n) is 22.8. The monoisotopic (exact) mass is 564 g/mol. The van der Waals surface area contributed by atoms with Gasteiger partial charge in [0, 0.05) is 59.6 Å². The largest absolute Gasteiger partial charge is 0.488 e. The Balaban J connectivity index is 0.995. The van der Waals surface area contributed by atoms with Crippen molar-refractivity contribution in [2.45, 2.75) is 51.2 Å². The molecular formula is C31H37ClN4O4. The molecule has 2 aliphatic rings. The van der Waals surface area contributed by atoms with Gasteiger partial charge >= 0.3 is 6.09 Å². The van der Waals surface area contributed by atoms with Gasteiger partial charge in [-0.05, 0) is 69.1 Å². The van der Waals surface area contributed by atoms with Crippen LogP contribution in [0.5, 0.6) is 11.6 Å². The minimum atomic E-state index is -0.432. The Kier molecular flexibility index (Phi) is 8.46. The molecule has 1 amide bonds. The Hall–Kier alpha value is -3.20. The summed E-state index contributed by atoms with van der Waals surface area (Å²) in [5.74, 6) is 1.08. The van der Waals surface area contributed by atoms with Gasteiger partial charge in [0.1, 0.15) is 17.9 Å². The number of ether oxygens (including phenoxy) is 2. The predicted molar refractivity (Wildman–Crippen MR) is 157 cm³/mol.